The number of nitrogens with one attached hydrogen (secondary N) is 1. The van der Waals surface area contributed by atoms with E-state index in [1.165, 1.54) is 0 Å². The molecule has 3 rings (SSSR count). The van der Waals surface area contributed by atoms with Crippen LogP contribution in [0.15, 0.2) is 28.8 Å². The van der Waals surface area contributed by atoms with Gasteiger partial charge in [0.05, 0.1) is 6.10 Å². The van der Waals surface area contributed by atoms with E-state index in [4.69, 9.17) is 9.26 Å². The lowest BCUT2D eigenvalue weighted by molar-refractivity contribution is 0.0822. The zero-order chi connectivity index (χ0) is 14.7. The van der Waals surface area contributed by atoms with Gasteiger partial charge in [-0.05, 0) is 25.8 Å². The second-order valence-electron chi connectivity index (χ2n) is 5.14. The maximum atomic E-state index is 12.0. The fourth-order valence-corrected chi connectivity index (χ4v) is 2.30. The number of hydrogen-bond acceptors (Lipinski definition) is 5. The van der Waals surface area contributed by atoms with Crippen molar-refractivity contribution in [1.82, 2.24) is 15.5 Å². The molecule has 1 saturated heterocycles. The van der Waals surface area contributed by atoms with E-state index < -0.39 is 0 Å². The van der Waals surface area contributed by atoms with Crippen molar-refractivity contribution in [2.75, 3.05) is 13.2 Å². The van der Waals surface area contributed by atoms with Crippen molar-refractivity contribution < 1.29 is 14.1 Å². The summed E-state index contributed by atoms with van der Waals surface area (Å²) in [5, 5.41) is 6.61. The zero-order valence-corrected chi connectivity index (χ0v) is 11.8. The van der Waals surface area contributed by atoms with Gasteiger partial charge in [-0.2, -0.15) is 4.98 Å². The van der Waals surface area contributed by atoms with Crippen molar-refractivity contribution >= 4 is 5.91 Å². The first kappa shape index (κ1) is 13.8. The van der Waals surface area contributed by atoms with Crippen LogP contribution in [-0.2, 0) is 4.74 Å². The van der Waals surface area contributed by atoms with E-state index in [1.54, 1.807) is 0 Å². The minimum absolute atomic E-state index is 0.0236. The van der Waals surface area contributed by atoms with Crippen LogP contribution in [0, 0.1) is 6.92 Å². The van der Waals surface area contributed by atoms with E-state index in [9.17, 15) is 4.79 Å². The molecule has 1 aliphatic rings. The summed E-state index contributed by atoms with van der Waals surface area (Å²) >= 11 is 0. The first-order chi connectivity index (χ1) is 10.2. The largest absolute Gasteiger partial charge is 0.376 e. The molecule has 2 heterocycles. The summed E-state index contributed by atoms with van der Waals surface area (Å²) < 4.78 is 10.5. The van der Waals surface area contributed by atoms with E-state index in [-0.39, 0.29) is 17.9 Å². The molecule has 1 aliphatic heterocycles. The molecule has 21 heavy (non-hydrogen) atoms. The number of carbonyl (C=O) groups excluding carboxylic acids is 1. The molecule has 0 spiro atoms. The van der Waals surface area contributed by atoms with Gasteiger partial charge in [0, 0.05) is 18.7 Å². The van der Waals surface area contributed by atoms with Gasteiger partial charge in [0.2, 0.25) is 5.82 Å². The highest BCUT2D eigenvalue weighted by molar-refractivity contribution is 5.89. The number of ether oxygens (including phenoxy) is 1. The van der Waals surface area contributed by atoms with Gasteiger partial charge in [-0.3, -0.25) is 4.79 Å². The van der Waals surface area contributed by atoms with Crippen LogP contribution in [0.1, 0.15) is 29.1 Å². The van der Waals surface area contributed by atoms with E-state index in [0.717, 1.165) is 30.6 Å². The van der Waals surface area contributed by atoms with Crippen molar-refractivity contribution in [1.29, 1.82) is 0 Å². The molecule has 2 aromatic rings. The number of rotatable bonds is 4. The number of nitrogens with zero attached hydrogens (tertiary/aromatic N) is 2. The smallest absolute Gasteiger partial charge is 0.316 e. The lowest BCUT2D eigenvalue weighted by Gasteiger charge is -2.08. The molecule has 1 N–H and O–H groups in total. The van der Waals surface area contributed by atoms with Gasteiger partial charge in [0.25, 0.3) is 0 Å². The van der Waals surface area contributed by atoms with Crippen LogP contribution in [-0.4, -0.2) is 35.3 Å². The Morgan fingerprint density at radius 2 is 2.38 bits per heavy atom. The third-order valence-electron chi connectivity index (χ3n) is 3.41. The molecule has 0 radical (unpaired) electrons. The Kier molecular flexibility index (Phi) is 3.96. The molecular weight excluding hydrogens is 270 g/mol. The van der Waals surface area contributed by atoms with Crippen molar-refractivity contribution in [2.45, 2.75) is 25.9 Å². The molecule has 0 unspecified atom stereocenters. The van der Waals surface area contributed by atoms with Crippen LogP contribution in [0.25, 0.3) is 11.4 Å². The predicted molar refractivity (Wildman–Crippen MR) is 75.8 cm³/mol. The molecule has 0 aliphatic carbocycles. The number of carbonyl (C=O) groups is 1. The van der Waals surface area contributed by atoms with Crippen molar-refractivity contribution in [3.05, 3.63) is 35.7 Å². The predicted octanol–water partition coefficient (Wildman–Crippen LogP) is 1.95. The Labute approximate surface area is 122 Å². The minimum atomic E-state index is -0.364. The summed E-state index contributed by atoms with van der Waals surface area (Å²) in [5.41, 5.74) is 1.93. The van der Waals surface area contributed by atoms with Crippen LogP contribution in [0.3, 0.4) is 0 Å². The molecule has 6 nitrogen and oxygen atoms in total. The normalized spacial score (nSPS) is 17.9. The molecule has 6 heteroatoms. The summed E-state index contributed by atoms with van der Waals surface area (Å²) in [4.78, 5) is 16.1. The van der Waals surface area contributed by atoms with E-state index >= 15 is 0 Å². The molecule has 1 aromatic carbocycles. The number of hydrogen-bond donors (Lipinski definition) is 1. The summed E-state index contributed by atoms with van der Waals surface area (Å²) in [5.74, 6) is 0.0300. The Hall–Kier alpha value is -2.21. The lowest BCUT2D eigenvalue weighted by Crippen LogP contribution is -2.31. The van der Waals surface area contributed by atoms with E-state index in [0.29, 0.717) is 12.4 Å². The van der Waals surface area contributed by atoms with E-state index in [1.807, 2.05) is 31.2 Å². The standard InChI is InChI=1S/C15H17N3O3/c1-10-4-2-5-11(8-10)13-17-15(21-18-13)14(19)16-9-12-6-3-7-20-12/h2,4-5,8,12H,3,6-7,9H2,1H3,(H,16,19)/t12-/m0/s1. The summed E-state index contributed by atoms with van der Waals surface area (Å²) in [6, 6.07) is 7.72. The van der Waals surface area contributed by atoms with Gasteiger partial charge in [-0.1, -0.05) is 28.9 Å². The third kappa shape index (κ3) is 3.28. The minimum Gasteiger partial charge on any atom is -0.376 e. The van der Waals surface area contributed by atoms with E-state index in [2.05, 4.69) is 15.5 Å². The van der Waals surface area contributed by atoms with Gasteiger partial charge >= 0.3 is 11.8 Å². The SMILES string of the molecule is Cc1cccc(-c2noc(C(=O)NC[C@@H]3CCCO3)n2)c1. The summed E-state index contributed by atoms with van der Waals surface area (Å²) in [6.45, 7) is 3.22. The topological polar surface area (TPSA) is 77.2 Å². The van der Waals surface area contributed by atoms with Crippen molar-refractivity contribution in [2.24, 2.45) is 0 Å². The maximum absolute atomic E-state index is 12.0. The highest BCUT2D eigenvalue weighted by atomic mass is 16.5. The van der Waals surface area contributed by atoms with Crippen LogP contribution in [0.5, 0.6) is 0 Å². The number of amides is 1. The number of aromatic nitrogens is 2. The molecule has 0 saturated carbocycles. The van der Waals surface area contributed by atoms with Gasteiger partial charge in [-0.25, -0.2) is 0 Å². The molecule has 110 valence electrons. The summed E-state index contributed by atoms with van der Waals surface area (Å²) in [7, 11) is 0. The average Bonchev–Trinajstić information content (AvgIpc) is 3.16. The van der Waals surface area contributed by atoms with Gasteiger partial charge in [0.15, 0.2) is 0 Å². The molecule has 1 aromatic heterocycles. The number of benzene rings is 1. The van der Waals surface area contributed by atoms with Crippen molar-refractivity contribution in [3.8, 4) is 11.4 Å². The van der Waals surface area contributed by atoms with Crippen LogP contribution in [0.4, 0.5) is 0 Å². The third-order valence-corrected chi connectivity index (χ3v) is 3.41. The fourth-order valence-electron chi connectivity index (χ4n) is 2.30. The van der Waals surface area contributed by atoms with Crippen LogP contribution < -0.4 is 5.32 Å². The molecule has 1 amide bonds. The van der Waals surface area contributed by atoms with Crippen molar-refractivity contribution in [3.63, 3.8) is 0 Å². The monoisotopic (exact) mass is 287 g/mol. The highest BCUT2D eigenvalue weighted by Crippen LogP contribution is 2.17. The van der Waals surface area contributed by atoms with Gasteiger partial charge in [0.1, 0.15) is 0 Å². The molecule has 0 bridgehead atoms. The Morgan fingerprint density at radius 3 is 3.14 bits per heavy atom. The maximum Gasteiger partial charge on any atom is 0.316 e. The highest BCUT2D eigenvalue weighted by Gasteiger charge is 2.20. The van der Waals surface area contributed by atoms with Crippen LogP contribution in [0.2, 0.25) is 0 Å². The molecule has 1 atom stereocenters. The fraction of sp³-hybridized carbons (Fsp3) is 0.400. The first-order valence-corrected chi connectivity index (χ1v) is 7.03. The Balaban J connectivity index is 1.65. The number of aryl methyl sites for hydroxylation is 1. The zero-order valence-electron chi connectivity index (χ0n) is 11.8. The molecular formula is C15H17N3O3. The quantitative estimate of drug-likeness (QED) is 0.930. The Morgan fingerprint density at radius 1 is 1.48 bits per heavy atom. The molecule has 1 fully saturated rings. The van der Waals surface area contributed by atoms with Gasteiger partial charge in [-0.15, -0.1) is 0 Å². The lowest BCUT2D eigenvalue weighted by atomic mass is 10.1. The first-order valence-electron chi connectivity index (χ1n) is 7.03. The Bertz CT molecular complexity index is 633. The second-order valence-corrected chi connectivity index (χ2v) is 5.14. The van der Waals surface area contributed by atoms with Crippen LogP contribution >= 0.6 is 0 Å². The van der Waals surface area contributed by atoms with Gasteiger partial charge < -0.3 is 14.6 Å². The summed E-state index contributed by atoms with van der Waals surface area (Å²) in [6.07, 6.45) is 2.10. The average molecular weight is 287 g/mol. The second kappa shape index (κ2) is 6.05.